The van der Waals surface area contributed by atoms with Crippen LogP contribution in [0, 0.1) is 5.92 Å². The Morgan fingerprint density at radius 2 is 2.21 bits per heavy atom. The molecular formula is C9H16FN3O. The lowest BCUT2D eigenvalue weighted by atomic mass is 9.99. The molecule has 5 heteroatoms. The van der Waals surface area contributed by atoms with Gasteiger partial charge in [-0.2, -0.15) is 0 Å². The minimum atomic E-state index is -0.763. The van der Waals surface area contributed by atoms with Crippen LogP contribution in [0.3, 0.4) is 0 Å². The lowest BCUT2D eigenvalue weighted by molar-refractivity contribution is -0.112. The topological polar surface area (TPSA) is 44.4 Å². The van der Waals surface area contributed by atoms with E-state index in [1.165, 1.54) is 0 Å². The maximum Gasteiger partial charge on any atom is 0.128 e. The highest BCUT2D eigenvalue weighted by atomic mass is 19.1. The van der Waals surface area contributed by atoms with Crippen molar-refractivity contribution >= 4 is 6.29 Å². The van der Waals surface area contributed by atoms with Crippen LogP contribution < -0.4 is 10.7 Å². The Balaban J connectivity index is 1.80. The van der Waals surface area contributed by atoms with Crippen LogP contribution >= 0.6 is 0 Å². The van der Waals surface area contributed by atoms with Crippen molar-refractivity contribution in [3.8, 4) is 0 Å². The molecule has 0 amide bonds. The van der Waals surface area contributed by atoms with E-state index in [-0.39, 0.29) is 12.1 Å². The summed E-state index contributed by atoms with van der Waals surface area (Å²) in [6, 6.07) is 0. The van der Waals surface area contributed by atoms with Gasteiger partial charge in [-0.05, 0) is 12.8 Å². The van der Waals surface area contributed by atoms with Crippen LogP contribution in [0.2, 0.25) is 0 Å². The lowest BCUT2D eigenvalue weighted by Gasteiger charge is -2.33. The van der Waals surface area contributed by atoms with Crippen LogP contribution in [-0.2, 0) is 4.79 Å². The van der Waals surface area contributed by atoms with Gasteiger partial charge in [-0.1, -0.05) is 0 Å². The zero-order valence-corrected chi connectivity index (χ0v) is 8.08. The van der Waals surface area contributed by atoms with Gasteiger partial charge in [-0.25, -0.2) is 9.40 Å². The number of hydrogen-bond acceptors (Lipinski definition) is 4. The second-order valence-electron chi connectivity index (χ2n) is 4.01. The Bertz CT molecular complexity index is 206. The van der Waals surface area contributed by atoms with Gasteiger partial charge in [0.05, 0.1) is 6.17 Å². The molecule has 0 aliphatic carbocycles. The van der Waals surface area contributed by atoms with E-state index in [9.17, 15) is 9.18 Å². The minimum Gasteiger partial charge on any atom is -0.303 e. The highest BCUT2D eigenvalue weighted by molar-refractivity contribution is 5.53. The smallest absolute Gasteiger partial charge is 0.128 e. The third-order valence-corrected chi connectivity index (χ3v) is 2.91. The Labute approximate surface area is 82.8 Å². The van der Waals surface area contributed by atoms with E-state index in [0.29, 0.717) is 19.6 Å². The summed E-state index contributed by atoms with van der Waals surface area (Å²) in [5.41, 5.74) is 3.02. The molecule has 2 heterocycles. The van der Waals surface area contributed by atoms with E-state index >= 15 is 0 Å². The van der Waals surface area contributed by atoms with Crippen molar-refractivity contribution in [2.75, 3.05) is 19.6 Å². The molecule has 0 saturated carbocycles. The molecular weight excluding hydrogens is 185 g/mol. The molecule has 4 nitrogen and oxygen atoms in total. The minimum absolute atomic E-state index is 0.134. The lowest BCUT2D eigenvalue weighted by Crippen LogP contribution is -2.53. The molecule has 2 fully saturated rings. The molecule has 14 heavy (non-hydrogen) atoms. The number of rotatable bonds is 2. The maximum atomic E-state index is 12.9. The first-order valence-electron chi connectivity index (χ1n) is 5.12. The monoisotopic (exact) mass is 201 g/mol. The predicted octanol–water partition coefficient (Wildman–Crippen LogP) is -0.331. The van der Waals surface area contributed by atoms with E-state index in [1.807, 2.05) is 5.01 Å². The van der Waals surface area contributed by atoms with E-state index in [4.69, 9.17) is 0 Å². The average Bonchev–Trinajstić information content (AvgIpc) is 2.65. The fraction of sp³-hybridized carbons (Fsp3) is 0.889. The summed E-state index contributed by atoms with van der Waals surface area (Å²) >= 11 is 0. The molecule has 3 unspecified atom stereocenters. The van der Waals surface area contributed by atoms with Gasteiger partial charge < -0.3 is 4.79 Å². The van der Waals surface area contributed by atoms with Crippen LogP contribution in [0.5, 0.6) is 0 Å². The first kappa shape index (κ1) is 10.0. The molecule has 2 N–H and O–H groups in total. The number of hydrazine groups is 1. The standard InChI is InChI=1S/C9H16FN3O/c10-8-4-12-13(5-8)9-2-1-7(6-14)3-11-9/h6-9,11-12H,1-5H2. The zero-order valence-electron chi connectivity index (χ0n) is 8.08. The second-order valence-corrected chi connectivity index (χ2v) is 4.01. The van der Waals surface area contributed by atoms with Crippen molar-refractivity contribution in [3.05, 3.63) is 0 Å². The van der Waals surface area contributed by atoms with Crippen LogP contribution in [0.25, 0.3) is 0 Å². The normalized spacial score (nSPS) is 39.9. The van der Waals surface area contributed by atoms with Gasteiger partial charge in [0.25, 0.3) is 0 Å². The zero-order chi connectivity index (χ0) is 9.97. The molecule has 0 aromatic heterocycles. The number of halogens is 1. The van der Waals surface area contributed by atoms with Gasteiger partial charge in [-0.3, -0.25) is 10.7 Å². The molecule has 0 bridgehead atoms. The van der Waals surface area contributed by atoms with E-state index in [1.54, 1.807) is 0 Å². The van der Waals surface area contributed by atoms with Crippen molar-refractivity contribution < 1.29 is 9.18 Å². The highest BCUT2D eigenvalue weighted by Crippen LogP contribution is 2.16. The molecule has 0 aromatic rings. The average molecular weight is 201 g/mol. The first-order valence-corrected chi connectivity index (χ1v) is 5.12. The molecule has 2 aliphatic rings. The Kier molecular flexibility index (Phi) is 3.10. The summed E-state index contributed by atoms with van der Waals surface area (Å²) in [4.78, 5) is 10.5. The van der Waals surface area contributed by atoms with Gasteiger partial charge in [0.15, 0.2) is 0 Å². The number of nitrogens with one attached hydrogen (secondary N) is 2. The van der Waals surface area contributed by atoms with Crippen molar-refractivity contribution in [2.45, 2.75) is 25.2 Å². The number of hydrogen-bond donors (Lipinski definition) is 2. The number of carbonyl (C=O) groups excluding carboxylic acids is 1. The molecule has 3 atom stereocenters. The van der Waals surface area contributed by atoms with Crippen molar-refractivity contribution in [1.82, 2.24) is 15.8 Å². The van der Waals surface area contributed by atoms with Gasteiger partial charge in [0.1, 0.15) is 12.5 Å². The number of aldehydes is 1. The largest absolute Gasteiger partial charge is 0.303 e. The van der Waals surface area contributed by atoms with Crippen LogP contribution in [-0.4, -0.2) is 43.3 Å². The molecule has 2 aliphatic heterocycles. The van der Waals surface area contributed by atoms with Crippen LogP contribution in [0.4, 0.5) is 4.39 Å². The van der Waals surface area contributed by atoms with Gasteiger partial charge in [-0.15, -0.1) is 0 Å². The summed E-state index contributed by atoms with van der Waals surface area (Å²) < 4.78 is 12.9. The van der Waals surface area contributed by atoms with Crippen molar-refractivity contribution in [1.29, 1.82) is 0 Å². The highest BCUT2D eigenvalue weighted by Gasteiger charge is 2.30. The Hall–Kier alpha value is -0.520. The van der Waals surface area contributed by atoms with Gasteiger partial charge >= 0.3 is 0 Å². The van der Waals surface area contributed by atoms with Crippen molar-refractivity contribution in [2.24, 2.45) is 5.92 Å². The van der Waals surface area contributed by atoms with E-state index < -0.39 is 6.17 Å². The third-order valence-electron chi connectivity index (χ3n) is 2.91. The van der Waals surface area contributed by atoms with E-state index in [0.717, 1.165) is 19.1 Å². The summed E-state index contributed by atoms with van der Waals surface area (Å²) in [6.45, 7) is 1.57. The number of alkyl halides is 1. The molecule has 80 valence electrons. The van der Waals surface area contributed by atoms with Gasteiger partial charge in [0, 0.05) is 25.6 Å². The Morgan fingerprint density at radius 1 is 1.36 bits per heavy atom. The molecule has 0 aromatic carbocycles. The fourth-order valence-electron chi connectivity index (χ4n) is 2.04. The molecule has 2 saturated heterocycles. The summed E-state index contributed by atoms with van der Waals surface area (Å²) in [5, 5.41) is 5.16. The number of nitrogens with zero attached hydrogens (tertiary/aromatic N) is 1. The van der Waals surface area contributed by atoms with E-state index in [2.05, 4.69) is 10.7 Å². The van der Waals surface area contributed by atoms with Crippen molar-refractivity contribution in [3.63, 3.8) is 0 Å². The third kappa shape index (κ3) is 2.10. The van der Waals surface area contributed by atoms with Crippen LogP contribution in [0.1, 0.15) is 12.8 Å². The molecule has 0 radical (unpaired) electrons. The SMILES string of the molecule is O=CC1CCC(N2CC(F)CN2)NC1. The molecule has 2 rings (SSSR count). The predicted molar refractivity (Wildman–Crippen MR) is 50.2 cm³/mol. The second kappa shape index (κ2) is 4.33. The maximum absolute atomic E-state index is 12.9. The summed E-state index contributed by atoms with van der Waals surface area (Å²) in [7, 11) is 0. The summed E-state index contributed by atoms with van der Waals surface area (Å²) in [6.07, 6.45) is 2.23. The van der Waals surface area contributed by atoms with Gasteiger partial charge in [0.2, 0.25) is 0 Å². The Morgan fingerprint density at radius 3 is 2.71 bits per heavy atom. The number of carbonyl (C=O) groups is 1. The quantitative estimate of drug-likeness (QED) is 0.600. The number of piperidine rings is 1. The summed E-state index contributed by atoms with van der Waals surface area (Å²) in [5.74, 6) is 0.134. The molecule has 0 spiro atoms. The first-order chi connectivity index (χ1) is 6.79. The van der Waals surface area contributed by atoms with Crippen LogP contribution in [0.15, 0.2) is 0 Å². The fourth-order valence-corrected chi connectivity index (χ4v) is 2.04.